The Morgan fingerprint density at radius 2 is 1.81 bits per heavy atom. The maximum atomic E-state index is 12.9. The van der Waals surface area contributed by atoms with Gasteiger partial charge in [-0.2, -0.15) is 4.31 Å². The number of piperidine rings is 1. The molecular formula is C22H25ClN2O6S. The molecule has 1 amide bonds. The fraction of sp³-hybridized carbons (Fsp3) is 0.364. The molecule has 1 heterocycles. The predicted molar refractivity (Wildman–Crippen MR) is 120 cm³/mol. The Bertz CT molecular complexity index is 1130. The fourth-order valence-corrected chi connectivity index (χ4v) is 5.05. The van der Waals surface area contributed by atoms with Crippen LogP contribution in [0.3, 0.4) is 0 Å². The molecule has 172 valence electrons. The zero-order chi connectivity index (χ0) is 23.5. The number of ether oxygens (including phenoxy) is 1. The first-order valence-corrected chi connectivity index (χ1v) is 12.0. The Hall–Kier alpha value is -2.62. The second-order valence-electron chi connectivity index (χ2n) is 7.66. The molecule has 32 heavy (non-hydrogen) atoms. The van der Waals surface area contributed by atoms with Crippen molar-refractivity contribution in [3.05, 3.63) is 52.5 Å². The van der Waals surface area contributed by atoms with Crippen LogP contribution >= 0.6 is 11.6 Å². The molecule has 3 rings (SSSR count). The van der Waals surface area contributed by atoms with E-state index in [2.05, 4.69) is 5.32 Å². The summed E-state index contributed by atoms with van der Waals surface area (Å²) < 4.78 is 32.4. The van der Waals surface area contributed by atoms with E-state index in [4.69, 9.17) is 16.3 Å². The number of nitrogens with one attached hydrogen (secondary N) is 1. The first-order valence-electron chi connectivity index (χ1n) is 10.2. The molecule has 2 aromatic carbocycles. The van der Waals surface area contributed by atoms with Crippen LogP contribution in [-0.4, -0.2) is 48.9 Å². The monoisotopic (exact) mass is 480 g/mol. The maximum absolute atomic E-state index is 12.9. The van der Waals surface area contributed by atoms with E-state index in [1.807, 2.05) is 0 Å². The van der Waals surface area contributed by atoms with E-state index in [9.17, 15) is 23.1 Å². The normalized spacial score (nSPS) is 15.7. The number of esters is 1. The van der Waals surface area contributed by atoms with Crippen molar-refractivity contribution in [2.45, 2.75) is 44.1 Å². The average molecular weight is 481 g/mol. The number of carbonyl (C=O) groups excluding carboxylic acids is 2. The number of phenols is 1. The molecule has 2 N–H and O–H groups in total. The van der Waals surface area contributed by atoms with E-state index in [-0.39, 0.29) is 26.9 Å². The Morgan fingerprint density at radius 3 is 2.50 bits per heavy atom. The molecule has 1 atom stereocenters. The molecule has 0 saturated carbocycles. The summed E-state index contributed by atoms with van der Waals surface area (Å²) in [7, 11) is -3.71. The SMILES string of the molecule is Cc1ccc(O)c(C(=O)OC(C)C(=O)Nc2cc(S(=O)(=O)N3CCCCC3)ccc2Cl)c1. The minimum absolute atomic E-state index is 0.0217. The van der Waals surface area contributed by atoms with Gasteiger partial charge in [0, 0.05) is 13.1 Å². The van der Waals surface area contributed by atoms with Crippen molar-refractivity contribution >= 4 is 39.2 Å². The zero-order valence-electron chi connectivity index (χ0n) is 17.8. The van der Waals surface area contributed by atoms with Crippen molar-refractivity contribution in [1.82, 2.24) is 4.31 Å². The number of carbonyl (C=O) groups is 2. The highest BCUT2D eigenvalue weighted by Crippen LogP contribution is 2.28. The molecule has 1 aliphatic rings. The second-order valence-corrected chi connectivity index (χ2v) is 10.0. The number of nitrogens with zero attached hydrogens (tertiary/aromatic N) is 1. The minimum Gasteiger partial charge on any atom is -0.507 e. The Labute approximate surface area is 192 Å². The second kappa shape index (κ2) is 9.89. The molecule has 1 saturated heterocycles. The fourth-order valence-electron chi connectivity index (χ4n) is 3.34. The highest BCUT2D eigenvalue weighted by Gasteiger charge is 2.27. The Morgan fingerprint density at radius 1 is 1.12 bits per heavy atom. The molecule has 1 fully saturated rings. The number of halogens is 1. The lowest BCUT2D eigenvalue weighted by molar-refractivity contribution is -0.123. The highest BCUT2D eigenvalue weighted by atomic mass is 35.5. The van der Waals surface area contributed by atoms with Crippen LogP contribution in [0.2, 0.25) is 5.02 Å². The predicted octanol–water partition coefficient (Wildman–Crippen LogP) is 3.71. The van der Waals surface area contributed by atoms with Crippen LogP contribution < -0.4 is 5.32 Å². The van der Waals surface area contributed by atoms with Crippen molar-refractivity contribution in [2.24, 2.45) is 0 Å². The minimum atomic E-state index is -3.71. The van der Waals surface area contributed by atoms with Crippen LogP contribution in [0.15, 0.2) is 41.3 Å². The number of amides is 1. The highest BCUT2D eigenvalue weighted by molar-refractivity contribution is 7.89. The van der Waals surface area contributed by atoms with Gasteiger partial charge in [-0.3, -0.25) is 4.79 Å². The number of hydrogen-bond donors (Lipinski definition) is 2. The Balaban J connectivity index is 1.73. The number of hydrogen-bond acceptors (Lipinski definition) is 6. The van der Waals surface area contributed by atoms with Gasteiger partial charge in [-0.1, -0.05) is 29.7 Å². The lowest BCUT2D eigenvalue weighted by atomic mass is 10.1. The van der Waals surface area contributed by atoms with Gasteiger partial charge in [0.05, 0.1) is 15.6 Å². The van der Waals surface area contributed by atoms with Gasteiger partial charge in [-0.15, -0.1) is 0 Å². The van der Waals surface area contributed by atoms with Crippen molar-refractivity contribution in [1.29, 1.82) is 0 Å². The largest absolute Gasteiger partial charge is 0.507 e. The van der Waals surface area contributed by atoms with E-state index < -0.39 is 28.0 Å². The number of anilines is 1. The molecule has 0 aromatic heterocycles. The lowest BCUT2D eigenvalue weighted by Gasteiger charge is -2.26. The molecule has 1 aliphatic heterocycles. The van der Waals surface area contributed by atoms with Crippen molar-refractivity contribution < 1.29 is 27.9 Å². The van der Waals surface area contributed by atoms with E-state index in [1.54, 1.807) is 13.0 Å². The van der Waals surface area contributed by atoms with Crippen molar-refractivity contribution in [2.75, 3.05) is 18.4 Å². The molecule has 0 bridgehead atoms. The summed E-state index contributed by atoms with van der Waals surface area (Å²) in [4.78, 5) is 24.9. The van der Waals surface area contributed by atoms with Gasteiger partial charge < -0.3 is 15.2 Å². The quantitative estimate of drug-likeness (QED) is 0.609. The van der Waals surface area contributed by atoms with Gasteiger partial charge in [0.1, 0.15) is 11.3 Å². The first-order chi connectivity index (χ1) is 15.1. The van der Waals surface area contributed by atoms with Crippen molar-refractivity contribution in [3.8, 4) is 5.75 Å². The molecule has 1 unspecified atom stereocenters. The van der Waals surface area contributed by atoms with Crippen LogP contribution in [-0.2, 0) is 19.6 Å². The van der Waals surface area contributed by atoms with E-state index in [0.717, 1.165) is 24.8 Å². The molecule has 0 aliphatic carbocycles. The summed E-state index contributed by atoms with van der Waals surface area (Å²) in [6.07, 6.45) is 1.37. The summed E-state index contributed by atoms with van der Waals surface area (Å²) >= 11 is 6.16. The Kier molecular flexibility index (Phi) is 7.43. The summed E-state index contributed by atoms with van der Waals surface area (Å²) in [5.74, 6) is -1.81. The van der Waals surface area contributed by atoms with Gasteiger partial charge in [-0.05, 0) is 57.0 Å². The van der Waals surface area contributed by atoms with Crippen LogP contribution in [0.4, 0.5) is 5.69 Å². The van der Waals surface area contributed by atoms with Gasteiger partial charge >= 0.3 is 5.97 Å². The smallest absolute Gasteiger partial charge is 0.342 e. The zero-order valence-corrected chi connectivity index (χ0v) is 19.4. The molecule has 10 heteroatoms. The van der Waals surface area contributed by atoms with Crippen molar-refractivity contribution in [3.63, 3.8) is 0 Å². The maximum Gasteiger partial charge on any atom is 0.342 e. The number of sulfonamides is 1. The van der Waals surface area contributed by atoms with Gasteiger partial charge in [0.25, 0.3) is 5.91 Å². The molecule has 2 aromatic rings. The number of benzene rings is 2. The van der Waals surface area contributed by atoms with Gasteiger partial charge in [-0.25, -0.2) is 13.2 Å². The summed E-state index contributed by atoms with van der Waals surface area (Å²) in [5, 5.41) is 12.5. The summed E-state index contributed by atoms with van der Waals surface area (Å²) in [5.41, 5.74) is 0.777. The standard InChI is InChI=1S/C22H25ClN2O6S/c1-14-6-9-20(26)17(12-14)22(28)31-15(2)21(27)24-19-13-16(7-8-18(19)23)32(29,30)25-10-4-3-5-11-25/h6-9,12-13,15,26H,3-5,10-11H2,1-2H3,(H,24,27). The number of rotatable bonds is 6. The van der Waals surface area contributed by atoms with Crippen LogP contribution in [0.1, 0.15) is 42.1 Å². The third-order valence-electron chi connectivity index (χ3n) is 5.17. The van der Waals surface area contributed by atoms with E-state index in [0.29, 0.717) is 13.1 Å². The average Bonchev–Trinajstić information content (AvgIpc) is 2.77. The van der Waals surface area contributed by atoms with E-state index >= 15 is 0 Å². The number of phenolic OH excluding ortho intramolecular Hbond substituents is 1. The third kappa shape index (κ3) is 5.40. The van der Waals surface area contributed by atoms with Crippen LogP contribution in [0.25, 0.3) is 0 Å². The van der Waals surface area contributed by atoms with Crippen LogP contribution in [0.5, 0.6) is 5.75 Å². The van der Waals surface area contributed by atoms with Gasteiger partial charge in [0.15, 0.2) is 6.10 Å². The topological polar surface area (TPSA) is 113 Å². The van der Waals surface area contributed by atoms with Gasteiger partial charge in [0.2, 0.25) is 10.0 Å². The number of aromatic hydroxyl groups is 1. The molecule has 8 nitrogen and oxygen atoms in total. The lowest BCUT2D eigenvalue weighted by Crippen LogP contribution is -2.35. The summed E-state index contributed by atoms with van der Waals surface area (Å²) in [6, 6.07) is 8.54. The molecule has 0 radical (unpaired) electrons. The number of aryl methyl sites for hydroxylation is 1. The third-order valence-corrected chi connectivity index (χ3v) is 7.40. The molecule has 0 spiro atoms. The molecular weight excluding hydrogens is 456 g/mol. The first kappa shape index (κ1) is 24.0. The summed E-state index contributed by atoms with van der Waals surface area (Å²) in [6.45, 7) is 4.01. The van der Waals surface area contributed by atoms with Crippen LogP contribution in [0, 0.1) is 6.92 Å². The van der Waals surface area contributed by atoms with E-state index in [1.165, 1.54) is 41.6 Å².